The van der Waals surface area contributed by atoms with Crippen LogP contribution in [0.2, 0.25) is 0 Å². The molecule has 0 aromatic carbocycles. The van der Waals surface area contributed by atoms with Gasteiger partial charge in [0.1, 0.15) is 104 Å². The average Bonchev–Trinajstić information content (AvgIpc) is 1.62. The first-order valence-corrected chi connectivity index (χ1v) is 30.4. The molecule has 0 amide bonds. The Hall–Kier alpha value is -2.01. The third-order valence-electron chi connectivity index (χ3n) is 23.0. The number of fused-ring (bicyclic) bond motifs is 7. The van der Waals surface area contributed by atoms with Crippen molar-refractivity contribution in [2.75, 3.05) is 26.4 Å². The molecule has 486 valence electrons. The maximum atomic E-state index is 15.2. The molecule has 0 aromatic heterocycles. The molecule has 26 nitrogen and oxygen atoms in total. The number of aliphatic hydroxyl groups excluding tert-OH is 15. The summed E-state index contributed by atoms with van der Waals surface area (Å²) in [6.07, 6.45) is -30.7. The highest BCUT2D eigenvalue weighted by Gasteiger charge is 2.71. The Bertz CT molecular complexity index is 2400. The van der Waals surface area contributed by atoms with E-state index < -0.39 is 189 Å². The monoisotopic (exact) mass is 1220 g/mol. The third-order valence-corrected chi connectivity index (χ3v) is 23.0. The summed E-state index contributed by atoms with van der Waals surface area (Å²) < 4.78 is 59.4. The number of hydrogen-bond donors (Lipinski definition) is 15. The minimum Gasteiger partial charge on any atom is -0.432 e. The van der Waals surface area contributed by atoms with Crippen molar-refractivity contribution in [3.63, 3.8) is 0 Å². The van der Waals surface area contributed by atoms with Gasteiger partial charge in [0.05, 0.1) is 50.2 Å². The Labute approximate surface area is 494 Å². The number of aliphatic hydroxyl groups is 15. The van der Waals surface area contributed by atoms with E-state index >= 15 is 4.79 Å². The summed E-state index contributed by atoms with van der Waals surface area (Å²) in [5.74, 6) is -1.13. The predicted octanol–water partition coefficient (Wildman–Crippen LogP) is -2.77. The fourth-order valence-corrected chi connectivity index (χ4v) is 17.6. The van der Waals surface area contributed by atoms with Crippen molar-refractivity contribution >= 4 is 5.97 Å². The molecule has 4 saturated carbocycles. The molecule has 0 bridgehead atoms. The molecule has 85 heavy (non-hydrogen) atoms. The smallest absolute Gasteiger partial charge is 0.315 e. The van der Waals surface area contributed by atoms with Gasteiger partial charge in [0.2, 0.25) is 6.29 Å². The second kappa shape index (κ2) is 24.6. The molecule has 5 heterocycles. The largest absolute Gasteiger partial charge is 0.432 e. The fraction of sp³-hybridized carbons (Fsp3) is 0.915. The van der Waals surface area contributed by atoms with Gasteiger partial charge in [-0.1, -0.05) is 51.5 Å². The number of rotatable bonds is 14. The Balaban J connectivity index is 0.835. The van der Waals surface area contributed by atoms with Crippen LogP contribution in [-0.2, 0) is 52.2 Å². The number of esters is 1. The zero-order valence-electron chi connectivity index (χ0n) is 49.4. The van der Waals surface area contributed by atoms with Gasteiger partial charge in [0.25, 0.3) is 0 Å². The van der Waals surface area contributed by atoms with Gasteiger partial charge < -0.3 is 124 Å². The highest BCUT2D eigenvalue weighted by Crippen LogP contribution is 2.76. The molecule has 10 aliphatic rings. The minimum atomic E-state index is -1.91. The van der Waals surface area contributed by atoms with Gasteiger partial charge in [0, 0.05) is 11.3 Å². The van der Waals surface area contributed by atoms with Crippen LogP contribution in [0.3, 0.4) is 0 Å². The van der Waals surface area contributed by atoms with E-state index in [9.17, 15) is 76.6 Å². The van der Waals surface area contributed by atoms with Crippen LogP contribution in [0.25, 0.3) is 0 Å². The summed E-state index contributed by atoms with van der Waals surface area (Å²) in [4.78, 5) is 15.2. The zero-order valence-corrected chi connectivity index (χ0v) is 49.4. The quantitative estimate of drug-likeness (QED) is 0.0476. The Morgan fingerprint density at radius 3 is 1.80 bits per heavy atom. The van der Waals surface area contributed by atoms with Crippen LogP contribution < -0.4 is 0 Å². The van der Waals surface area contributed by atoms with E-state index in [0.29, 0.717) is 51.4 Å². The topological polar surface area (TPSA) is 413 Å². The van der Waals surface area contributed by atoms with Crippen LogP contribution in [0, 0.1) is 50.7 Å². The van der Waals surface area contributed by atoms with Crippen molar-refractivity contribution < 1.29 is 129 Å². The van der Waals surface area contributed by atoms with Crippen molar-refractivity contribution in [2.24, 2.45) is 50.7 Å². The minimum absolute atomic E-state index is 0.0799. The highest BCUT2D eigenvalue weighted by atomic mass is 16.8. The van der Waals surface area contributed by atoms with Gasteiger partial charge in [-0.05, 0) is 113 Å². The molecule has 5 aliphatic heterocycles. The zero-order chi connectivity index (χ0) is 61.9. The number of hydrogen-bond acceptors (Lipinski definition) is 26. The third kappa shape index (κ3) is 10.8. The van der Waals surface area contributed by atoms with Crippen LogP contribution in [0.1, 0.15) is 106 Å². The molecule has 26 heteroatoms. The fourth-order valence-electron chi connectivity index (χ4n) is 17.6. The van der Waals surface area contributed by atoms with Crippen LogP contribution in [0.5, 0.6) is 0 Å². The lowest BCUT2D eigenvalue weighted by molar-refractivity contribution is -0.365. The molecular formula is C59H94O26. The van der Waals surface area contributed by atoms with Gasteiger partial charge in [-0.3, -0.25) is 4.79 Å². The first kappa shape index (κ1) is 65.9. The number of ether oxygens (including phenoxy) is 10. The standard InChI is InChI=1S/C59H94O26/c1-23(2)26-11-16-59(54(75)85-52-45(73)41(69)38(66)30(81-52)21-77-49-46(74)42(70)47(29(19-60)80-49)83-50-43(71)39(67)35(63)24(3)78-50)18-17-57(7)27(34(26)59)9-10-32-55(5)14-13-33(56(6,22-61)31(55)12-15-58(32,57)8)82-53-48(37(65)28(62)20-76-53)84-51-44(72)40(68)36(64)25(4)79-51/h9,24-26,28-53,60-74H,1,10-22H2,2-8H3. The first-order valence-electron chi connectivity index (χ1n) is 30.4. The maximum absolute atomic E-state index is 15.2. The van der Waals surface area contributed by atoms with Gasteiger partial charge in [-0.15, -0.1) is 0 Å². The highest BCUT2D eigenvalue weighted by molar-refractivity contribution is 5.79. The van der Waals surface area contributed by atoms with Gasteiger partial charge in [0.15, 0.2) is 25.2 Å². The second-order valence-electron chi connectivity index (χ2n) is 27.5. The van der Waals surface area contributed by atoms with E-state index in [2.05, 4.69) is 33.4 Å². The first-order chi connectivity index (χ1) is 39.9. The van der Waals surface area contributed by atoms with Crippen LogP contribution in [0.4, 0.5) is 0 Å². The van der Waals surface area contributed by atoms with Gasteiger partial charge in [-0.2, -0.15) is 0 Å². The lowest BCUT2D eigenvalue weighted by Crippen LogP contribution is -2.67. The van der Waals surface area contributed by atoms with Crippen molar-refractivity contribution in [3.8, 4) is 0 Å². The van der Waals surface area contributed by atoms with E-state index in [1.807, 2.05) is 13.8 Å². The number of carbonyl (C=O) groups is 1. The molecule has 0 aromatic rings. The molecule has 15 N–H and O–H groups in total. The van der Waals surface area contributed by atoms with Crippen LogP contribution in [0.15, 0.2) is 23.8 Å². The van der Waals surface area contributed by atoms with Crippen molar-refractivity contribution in [3.05, 3.63) is 23.8 Å². The van der Waals surface area contributed by atoms with E-state index in [0.717, 1.165) is 17.6 Å². The SMILES string of the molecule is C=C(C)C1CCC2(C(=O)OC3OC(COC4OC(CO)C(OC5OC(C)C(O)C(O)C5O)C(O)C4O)C(O)C(O)C3O)CCC3(C)C(=CCC4C5(C)CCC(OC6OCC(O)C(O)C6OC6OC(C)C(O)C(O)C6O)C(C)(CO)C5CCC43C)C12. The maximum Gasteiger partial charge on any atom is 0.315 e. The lowest BCUT2D eigenvalue weighted by atomic mass is 9.34. The van der Waals surface area contributed by atoms with E-state index in [-0.39, 0.29) is 47.7 Å². The van der Waals surface area contributed by atoms with E-state index in [4.69, 9.17) is 47.4 Å². The second-order valence-corrected chi connectivity index (χ2v) is 27.5. The van der Waals surface area contributed by atoms with Crippen molar-refractivity contribution in [1.82, 2.24) is 0 Å². The Morgan fingerprint density at radius 1 is 0.600 bits per heavy atom. The molecule has 10 rings (SSSR count). The van der Waals surface area contributed by atoms with Gasteiger partial charge >= 0.3 is 5.97 Å². The molecule has 0 spiro atoms. The summed E-state index contributed by atoms with van der Waals surface area (Å²) in [5.41, 5.74) is -1.04. The summed E-state index contributed by atoms with van der Waals surface area (Å²) in [6.45, 7) is 16.2. The molecule has 0 radical (unpaired) electrons. The number of carbonyl (C=O) groups excluding carboxylic acids is 1. The predicted molar refractivity (Wildman–Crippen MR) is 288 cm³/mol. The van der Waals surface area contributed by atoms with Gasteiger partial charge in [-0.25, -0.2) is 0 Å². The Kier molecular flexibility index (Phi) is 19.0. The molecule has 9 fully saturated rings. The molecule has 34 atom stereocenters. The van der Waals surface area contributed by atoms with E-state index in [1.54, 1.807) is 0 Å². The summed E-state index contributed by atoms with van der Waals surface area (Å²) in [5, 5.41) is 162. The van der Waals surface area contributed by atoms with Crippen LogP contribution in [-0.4, -0.2) is 263 Å². The molecule has 5 aliphatic carbocycles. The summed E-state index contributed by atoms with van der Waals surface area (Å²) in [7, 11) is 0. The Morgan fingerprint density at radius 2 is 1.19 bits per heavy atom. The lowest BCUT2D eigenvalue weighted by Gasteiger charge is -2.71. The summed E-state index contributed by atoms with van der Waals surface area (Å²) in [6, 6.07) is 0. The number of allylic oxidation sites excluding steroid dienone is 3. The molecular weight excluding hydrogens is 1120 g/mol. The molecule has 5 saturated heterocycles. The summed E-state index contributed by atoms with van der Waals surface area (Å²) >= 11 is 0. The molecule has 34 unspecified atom stereocenters. The van der Waals surface area contributed by atoms with Crippen molar-refractivity contribution in [1.29, 1.82) is 0 Å². The van der Waals surface area contributed by atoms with E-state index in [1.165, 1.54) is 13.8 Å². The van der Waals surface area contributed by atoms with Crippen LogP contribution >= 0.6 is 0 Å². The normalized spacial score (nSPS) is 55.3. The van der Waals surface area contributed by atoms with Crippen molar-refractivity contribution in [2.45, 2.75) is 260 Å². The average molecular weight is 1220 g/mol.